The molecule has 262 valence electrons. The molecule has 0 unspecified atom stereocenters. The number of rotatable bonds is 1. The Balaban J connectivity index is 0.000000279. The molecule has 0 heterocycles. The lowest BCUT2D eigenvalue weighted by Gasteiger charge is -2.25. The second kappa shape index (κ2) is 14.7. The van der Waals surface area contributed by atoms with Gasteiger partial charge in [-0.25, -0.2) is 0 Å². The van der Waals surface area contributed by atoms with Crippen LogP contribution in [-0.4, -0.2) is 20.4 Å². The number of hydrogen-bond donors (Lipinski definition) is 4. The van der Waals surface area contributed by atoms with Crippen LogP contribution in [0.4, 0.5) is 0 Å². The third-order valence-electron chi connectivity index (χ3n) is 8.49. The van der Waals surface area contributed by atoms with Crippen LogP contribution in [0.25, 0.3) is 11.1 Å². The topological polar surface area (TPSA) is 80.9 Å². The highest BCUT2D eigenvalue weighted by Crippen LogP contribution is 2.43. The SMILES string of the molecule is Cc1cc(-c2cc(C)c(O)c(C(C)(C)C)c2)c(O)c(C(C)(C)C)c1.Cc1ccc(O)c(C(C)(C)C)c1.Cc1cccc(C(C)(C)C)c1O. The minimum Gasteiger partial charge on any atom is -0.508 e. The highest BCUT2D eigenvalue weighted by atomic mass is 16.3. The summed E-state index contributed by atoms with van der Waals surface area (Å²) in [6, 6.07) is 19.6. The van der Waals surface area contributed by atoms with Crippen LogP contribution in [0.5, 0.6) is 23.0 Å². The molecule has 0 bridgehead atoms. The summed E-state index contributed by atoms with van der Waals surface area (Å²) in [5.41, 5.74) is 9.48. The molecule has 4 heteroatoms. The number of aryl methyl sites for hydroxylation is 4. The van der Waals surface area contributed by atoms with E-state index in [2.05, 4.69) is 96.1 Å². The van der Waals surface area contributed by atoms with Crippen LogP contribution < -0.4 is 0 Å². The van der Waals surface area contributed by atoms with Crippen molar-refractivity contribution in [1.82, 2.24) is 0 Å². The molecule has 0 aromatic heterocycles. The Morgan fingerprint density at radius 1 is 0.396 bits per heavy atom. The van der Waals surface area contributed by atoms with Crippen LogP contribution in [0.2, 0.25) is 0 Å². The van der Waals surface area contributed by atoms with Crippen LogP contribution in [0.15, 0.2) is 60.7 Å². The van der Waals surface area contributed by atoms with Crippen molar-refractivity contribution >= 4 is 0 Å². The smallest absolute Gasteiger partial charge is 0.127 e. The molecule has 4 N–H and O–H groups in total. The first kappa shape index (κ1) is 40.3. The summed E-state index contributed by atoms with van der Waals surface area (Å²) in [6.07, 6.45) is 0. The number of aromatic hydroxyl groups is 4. The largest absolute Gasteiger partial charge is 0.508 e. The molecule has 0 amide bonds. The van der Waals surface area contributed by atoms with Gasteiger partial charge in [-0.1, -0.05) is 125 Å². The Morgan fingerprint density at radius 3 is 1.31 bits per heavy atom. The van der Waals surface area contributed by atoms with E-state index < -0.39 is 0 Å². The van der Waals surface area contributed by atoms with Gasteiger partial charge in [0.25, 0.3) is 0 Å². The molecule has 0 fully saturated rings. The van der Waals surface area contributed by atoms with Gasteiger partial charge in [0, 0.05) is 16.7 Å². The van der Waals surface area contributed by atoms with Crippen molar-refractivity contribution in [3.8, 4) is 34.1 Å². The molecule has 48 heavy (non-hydrogen) atoms. The van der Waals surface area contributed by atoms with Crippen molar-refractivity contribution in [1.29, 1.82) is 0 Å². The van der Waals surface area contributed by atoms with Crippen LogP contribution in [-0.2, 0) is 21.7 Å². The Labute approximate surface area is 291 Å². The van der Waals surface area contributed by atoms with E-state index in [4.69, 9.17) is 0 Å². The summed E-state index contributed by atoms with van der Waals surface area (Å²) in [4.78, 5) is 0. The quantitative estimate of drug-likeness (QED) is 0.165. The molecule has 0 aliphatic carbocycles. The van der Waals surface area contributed by atoms with Crippen molar-refractivity contribution in [2.45, 2.75) is 132 Å². The lowest BCUT2D eigenvalue weighted by molar-refractivity contribution is 0.442. The monoisotopic (exact) mass is 654 g/mol. The highest BCUT2D eigenvalue weighted by molar-refractivity contribution is 5.76. The first-order valence-electron chi connectivity index (χ1n) is 16.9. The standard InChI is InChI=1S/C22H30O2.2C11H16O/c1-13-9-16(20(24)17(10-13)21(3,4)5)15-11-14(2)19(23)18(12-15)22(6,7)8;1-8-5-6-10(12)9(7-8)11(2,3)4;1-8-6-5-7-9(10(8)12)11(2,3)4/h9-12,23-24H,1-8H3;2*5-7,12H,1-4H3. The van der Waals surface area contributed by atoms with E-state index in [1.807, 2.05) is 69.3 Å². The number of phenolic OH excluding ortho intramolecular Hbond substituents is 4. The van der Waals surface area contributed by atoms with Gasteiger partial charge in [0.15, 0.2) is 0 Å². The van der Waals surface area contributed by atoms with Gasteiger partial charge in [-0.3, -0.25) is 0 Å². The maximum absolute atomic E-state index is 10.9. The highest BCUT2D eigenvalue weighted by Gasteiger charge is 2.25. The van der Waals surface area contributed by atoms with Gasteiger partial charge >= 0.3 is 0 Å². The number of para-hydroxylation sites is 1. The van der Waals surface area contributed by atoms with E-state index in [0.29, 0.717) is 23.0 Å². The molecule has 4 aromatic carbocycles. The molecule has 4 rings (SSSR count). The fourth-order valence-corrected chi connectivity index (χ4v) is 5.59. The third-order valence-corrected chi connectivity index (χ3v) is 8.49. The zero-order valence-electron chi connectivity index (χ0n) is 32.6. The van der Waals surface area contributed by atoms with E-state index in [-0.39, 0.29) is 21.7 Å². The van der Waals surface area contributed by atoms with Crippen LogP contribution in [0.1, 0.15) is 128 Å². The molecule has 0 saturated heterocycles. The molecular formula is C44H62O4. The third kappa shape index (κ3) is 10.3. The maximum Gasteiger partial charge on any atom is 0.127 e. The average molecular weight is 655 g/mol. The molecular weight excluding hydrogens is 592 g/mol. The van der Waals surface area contributed by atoms with Gasteiger partial charge in [0.05, 0.1) is 0 Å². The van der Waals surface area contributed by atoms with Gasteiger partial charge in [-0.05, 0) is 107 Å². The zero-order chi connectivity index (χ0) is 37.2. The van der Waals surface area contributed by atoms with E-state index in [1.165, 1.54) is 5.56 Å². The molecule has 4 nitrogen and oxygen atoms in total. The van der Waals surface area contributed by atoms with Crippen molar-refractivity contribution in [3.05, 3.63) is 105 Å². The molecule has 0 radical (unpaired) electrons. The second-order valence-corrected chi connectivity index (χ2v) is 17.4. The molecule has 0 saturated carbocycles. The lowest BCUT2D eigenvalue weighted by Crippen LogP contribution is -2.13. The Kier molecular flexibility index (Phi) is 12.3. The average Bonchev–Trinajstić information content (AvgIpc) is 2.92. The van der Waals surface area contributed by atoms with Crippen LogP contribution in [0.3, 0.4) is 0 Å². The first-order chi connectivity index (χ1) is 21.7. The van der Waals surface area contributed by atoms with Gasteiger partial charge in [-0.2, -0.15) is 0 Å². The number of phenols is 4. The maximum atomic E-state index is 10.9. The molecule has 0 aliphatic heterocycles. The normalized spacial score (nSPS) is 12.1. The van der Waals surface area contributed by atoms with Crippen molar-refractivity contribution in [2.24, 2.45) is 0 Å². The summed E-state index contributed by atoms with van der Waals surface area (Å²) < 4.78 is 0. The lowest BCUT2D eigenvalue weighted by atomic mass is 9.81. The van der Waals surface area contributed by atoms with E-state index in [9.17, 15) is 20.4 Å². The van der Waals surface area contributed by atoms with Crippen LogP contribution in [0, 0.1) is 27.7 Å². The molecule has 0 atom stereocenters. The Bertz CT molecular complexity index is 1700. The van der Waals surface area contributed by atoms with Crippen molar-refractivity contribution < 1.29 is 20.4 Å². The van der Waals surface area contributed by atoms with Gasteiger partial charge in [0.1, 0.15) is 23.0 Å². The predicted molar refractivity (Wildman–Crippen MR) is 205 cm³/mol. The summed E-state index contributed by atoms with van der Waals surface area (Å²) >= 11 is 0. The minimum absolute atomic E-state index is 0.0239. The molecule has 4 aromatic rings. The summed E-state index contributed by atoms with van der Waals surface area (Å²) in [5.74, 6) is 1.51. The zero-order valence-corrected chi connectivity index (χ0v) is 32.6. The fraction of sp³-hybridized carbons (Fsp3) is 0.455. The van der Waals surface area contributed by atoms with Gasteiger partial charge < -0.3 is 20.4 Å². The van der Waals surface area contributed by atoms with E-state index in [1.54, 1.807) is 6.07 Å². The minimum atomic E-state index is -0.169. The number of benzene rings is 4. The van der Waals surface area contributed by atoms with Crippen molar-refractivity contribution in [3.63, 3.8) is 0 Å². The van der Waals surface area contributed by atoms with Crippen molar-refractivity contribution in [2.75, 3.05) is 0 Å². The summed E-state index contributed by atoms with van der Waals surface area (Å²) in [6.45, 7) is 33.1. The first-order valence-corrected chi connectivity index (χ1v) is 16.9. The summed E-state index contributed by atoms with van der Waals surface area (Å²) in [5, 5.41) is 40.6. The van der Waals surface area contributed by atoms with Gasteiger partial charge in [-0.15, -0.1) is 0 Å². The fourth-order valence-electron chi connectivity index (χ4n) is 5.59. The summed E-state index contributed by atoms with van der Waals surface area (Å²) in [7, 11) is 0. The van der Waals surface area contributed by atoms with E-state index >= 15 is 0 Å². The predicted octanol–water partition coefficient (Wildman–Crippen LogP) is 12.0. The Morgan fingerprint density at radius 2 is 0.854 bits per heavy atom. The van der Waals surface area contributed by atoms with Gasteiger partial charge in [0.2, 0.25) is 0 Å². The molecule has 0 spiro atoms. The van der Waals surface area contributed by atoms with Crippen LogP contribution >= 0.6 is 0 Å². The second-order valence-electron chi connectivity index (χ2n) is 17.4. The van der Waals surface area contributed by atoms with E-state index in [0.717, 1.165) is 50.1 Å². The Hall–Kier alpha value is -3.92. The number of hydrogen-bond acceptors (Lipinski definition) is 4. The molecule has 0 aliphatic rings.